The Morgan fingerprint density at radius 3 is 2.64 bits per heavy atom. The molecule has 2 nitrogen and oxygen atoms in total. The van der Waals surface area contributed by atoms with Gasteiger partial charge in [0, 0.05) is 17.9 Å². The lowest BCUT2D eigenvalue weighted by molar-refractivity contribution is 0.207. The monoisotopic (exact) mass is 154 g/mol. The Morgan fingerprint density at radius 2 is 2.27 bits per heavy atom. The first-order valence-corrected chi connectivity index (χ1v) is 4.38. The highest BCUT2D eigenvalue weighted by Gasteiger charge is 2.22. The van der Waals surface area contributed by atoms with Crippen LogP contribution < -0.4 is 5.32 Å². The van der Waals surface area contributed by atoms with E-state index in [1.165, 1.54) is 5.70 Å². The van der Waals surface area contributed by atoms with Crippen LogP contribution >= 0.6 is 0 Å². The molecule has 1 atom stereocenters. The van der Waals surface area contributed by atoms with Crippen molar-refractivity contribution >= 4 is 0 Å². The van der Waals surface area contributed by atoms with Gasteiger partial charge in [-0.2, -0.15) is 0 Å². The number of hydrogen-bond donors (Lipinski definition) is 1. The number of nitrogens with one attached hydrogen (secondary N) is 1. The van der Waals surface area contributed by atoms with Crippen LogP contribution in [0.2, 0.25) is 0 Å². The first-order chi connectivity index (χ1) is 5.16. The molecule has 0 aromatic rings. The summed E-state index contributed by atoms with van der Waals surface area (Å²) < 4.78 is 0. The fourth-order valence-electron chi connectivity index (χ4n) is 1.70. The summed E-state index contributed by atoms with van der Waals surface area (Å²) >= 11 is 0. The zero-order valence-electron chi connectivity index (χ0n) is 7.89. The fraction of sp³-hybridized carbons (Fsp3) is 0.778. The molecule has 0 aromatic carbocycles. The molecular weight excluding hydrogens is 136 g/mol. The summed E-state index contributed by atoms with van der Waals surface area (Å²) in [4.78, 5) is 2.42. The van der Waals surface area contributed by atoms with Gasteiger partial charge in [0.2, 0.25) is 0 Å². The van der Waals surface area contributed by atoms with Gasteiger partial charge in [0.15, 0.2) is 0 Å². The van der Waals surface area contributed by atoms with Crippen molar-refractivity contribution in [3.63, 3.8) is 0 Å². The molecule has 0 bridgehead atoms. The normalized spacial score (nSPS) is 23.9. The summed E-state index contributed by atoms with van der Waals surface area (Å²) in [6, 6.07) is 0.603. The molecule has 1 aliphatic heterocycles. The minimum atomic E-state index is 0.523. The molecule has 1 heterocycles. The summed E-state index contributed by atoms with van der Waals surface area (Å²) in [5.41, 5.74) is 1.35. The van der Waals surface area contributed by atoms with E-state index in [2.05, 4.69) is 44.1 Å². The van der Waals surface area contributed by atoms with Crippen molar-refractivity contribution in [2.45, 2.75) is 46.3 Å². The van der Waals surface area contributed by atoms with Gasteiger partial charge in [-0.25, -0.2) is 0 Å². The molecule has 0 amide bonds. The molecule has 0 saturated carbocycles. The molecule has 1 rings (SSSR count). The number of allylic oxidation sites excluding steroid dienone is 1. The third kappa shape index (κ3) is 1.50. The molecule has 0 radical (unpaired) electrons. The van der Waals surface area contributed by atoms with Crippen molar-refractivity contribution in [3.8, 4) is 0 Å². The van der Waals surface area contributed by atoms with Crippen molar-refractivity contribution in [1.82, 2.24) is 10.2 Å². The number of rotatable bonds is 2. The Hall–Kier alpha value is -0.660. The highest BCUT2D eigenvalue weighted by Crippen LogP contribution is 2.18. The van der Waals surface area contributed by atoms with Crippen molar-refractivity contribution < 1.29 is 0 Å². The second-order valence-corrected chi connectivity index (χ2v) is 3.38. The van der Waals surface area contributed by atoms with E-state index in [1.807, 2.05) is 0 Å². The van der Waals surface area contributed by atoms with Gasteiger partial charge < -0.3 is 10.2 Å². The van der Waals surface area contributed by atoms with Gasteiger partial charge >= 0.3 is 0 Å². The van der Waals surface area contributed by atoms with E-state index in [0.717, 1.165) is 6.42 Å². The molecule has 0 saturated heterocycles. The minimum Gasteiger partial charge on any atom is -0.370 e. The summed E-state index contributed by atoms with van der Waals surface area (Å²) in [6.45, 7) is 8.82. The van der Waals surface area contributed by atoms with E-state index in [4.69, 9.17) is 0 Å². The Labute approximate surface area is 69.3 Å². The van der Waals surface area contributed by atoms with E-state index in [1.54, 1.807) is 0 Å². The first-order valence-electron chi connectivity index (χ1n) is 4.38. The summed E-state index contributed by atoms with van der Waals surface area (Å²) in [6.07, 6.45) is 3.79. The van der Waals surface area contributed by atoms with E-state index >= 15 is 0 Å². The van der Waals surface area contributed by atoms with Crippen molar-refractivity contribution in [3.05, 3.63) is 11.9 Å². The van der Waals surface area contributed by atoms with E-state index < -0.39 is 0 Å². The molecule has 64 valence electrons. The third-order valence-corrected chi connectivity index (χ3v) is 2.17. The molecule has 0 fully saturated rings. The number of nitrogens with zero attached hydrogens (tertiary/aromatic N) is 1. The maximum absolute atomic E-state index is 3.35. The molecular formula is C9H18N2. The molecule has 0 aliphatic carbocycles. The van der Waals surface area contributed by atoms with Gasteiger partial charge in [0.25, 0.3) is 0 Å². The van der Waals surface area contributed by atoms with Crippen molar-refractivity contribution in [2.75, 3.05) is 0 Å². The van der Waals surface area contributed by atoms with Gasteiger partial charge in [-0.1, -0.05) is 6.92 Å². The van der Waals surface area contributed by atoms with Gasteiger partial charge in [-0.3, -0.25) is 0 Å². The highest BCUT2D eigenvalue weighted by molar-refractivity contribution is 5.06. The van der Waals surface area contributed by atoms with Gasteiger partial charge in [-0.15, -0.1) is 0 Å². The zero-order chi connectivity index (χ0) is 8.43. The molecule has 1 N–H and O–H groups in total. The van der Waals surface area contributed by atoms with Gasteiger partial charge in [0.1, 0.15) is 0 Å². The van der Waals surface area contributed by atoms with Crippen LogP contribution in [0, 0.1) is 0 Å². The molecule has 11 heavy (non-hydrogen) atoms. The lowest BCUT2D eigenvalue weighted by Crippen LogP contribution is -2.40. The predicted octanol–water partition coefficient (Wildman–Crippen LogP) is 1.90. The second-order valence-electron chi connectivity index (χ2n) is 3.38. The molecule has 0 spiro atoms. The molecule has 1 unspecified atom stereocenters. The molecule has 2 heteroatoms. The van der Waals surface area contributed by atoms with E-state index in [0.29, 0.717) is 12.2 Å². The second kappa shape index (κ2) is 3.16. The average Bonchev–Trinajstić information content (AvgIpc) is 2.30. The summed E-state index contributed by atoms with van der Waals surface area (Å²) in [7, 11) is 0. The average molecular weight is 154 g/mol. The largest absolute Gasteiger partial charge is 0.370 e. The van der Waals surface area contributed by atoms with Gasteiger partial charge in [-0.05, 0) is 27.2 Å². The van der Waals surface area contributed by atoms with E-state index in [-0.39, 0.29) is 0 Å². The maximum Gasteiger partial charge on any atom is 0.0983 e. The smallest absolute Gasteiger partial charge is 0.0983 e. The van der Waals surface area contributed by atoms with E-state index in [9.17, 15) is 0 Å². The zero-order valence-corrected chi connectivity index (χ0v) is 7.89. The van der Waals surface area contributed by atoms with Crippen LogP contribution in [0.5, 0.6) is 0 Å². The Balaban J connectivity index is 2.64. The minimum absolute atomic E-state index is 0.523. The Bertz CT molecular complexity index is 161. The Morgan fingerprint density at radius 1 is 1.64 bits per heavy atom. The standard InChI is InChI=1S/C9H18N2/c1-5-9-10-6-8(4)11(9)7(2)3/h6-7,9-10H,5H2,1-4H3. The molecule has 1 aliphatic rings. The first kappa shape index (κ1) is 8.44. The highest BCUT2D eigenvalue weighted by atomic mass is 15.3. The van der Waals surface area contributed by atoms with Gasteiger partial charge in [0.05, 0.1) is 6.17 Å². The van der Waals surface area contributed by atoms with Crippen LogP contribution in [0.15, 0.2) is 11.9 Å². The van der Waals surface area contributed by atoms with Crippen LogP contribution in [0.4, 0.5) is 0 Å². The topological polar surface area (TPSA) is 15.3 Å². The predicted molar refractivity (Wildman–Crippen MR) is 47.9 cm³/mol. The molecule has 0 aromatic heterocycles. The Kier molecular flexibility index (Phi) is 2.42. The lowest BCUT2D eigenvalue weighted by Gasteiger charge is -2.31. The van der Waals surface area contributed by atoms with Crippen molar-refractivity contribution in [1.29, 1.82) is 0 Å². The third-order valence-electron chi connectivity index (χ3n) is 2.17. The van der Waals surface area contributed by atoms with Crippen LogP contribution in [0.3, 0.4) is 0 Å². The number of hydrogen-bond acceptors (Lipinski definition) is 2. The van der Waals surface area contributed by atoms with Crippen LogP contribution in [0.25, 0.3) is 0 Å². The maximum atomic E-state index is 3.35. The summed E-state index contributed by atoms with van der Waals surface area (Å²) in [5, 5.41) is 3.35. The SMILES string of the molecule is CCC1NC=C(C)N1C(C)C. The fourth-order valence-corrected chi connectivity index (χ4v) is 1.70. The summed E-state index contributed by atoms with van der Waals surface area (Å²) in [5.74, 6) is 0. The van der Waals surface area contributed by atoms with Crippen molar-refractivity contribution in [2.24, 2.45) is 0 Å². The quantitative estimate of drug-likeness (QED) is 0.653. The lowest BCUT2D eigenvalue weighted by atomic mass is 10.2. The van der Waals surface area contributed by atoms with Crippen LogP contribution in [0.1, 0.15) is 34.1 Å². The van der Waals surface area contributed by atoms with Crippen LogP contribution in [-0.4, -0.2) is 17.1 Å². The van der Waals surface area contributed by atoms with Crippen LogP contribution in [-0.2, 0) is 0 Å².